The molecule has 1 aliphatic rings. The second-order valence-corrected chi connectivity index (χ2v) is 5.91. The lowest BCUT2D eigenvalue weighted by molar-refractivity contribution is -0.141. The van der Waals surface area contributed by atoms with Crippen molar-refractivity contribution in [3.8, 4) is 5.75 Å². The Morgan fingerprint density at radius 3 is 2.59 bits per heavy atom. The second-order valence-electron chi connectivity index (χ2n) is 5.91. The van der Waals surface area contributed by atoms with E-state index >= 15 is 0 Å². The molecule has 1 heterocycles. The van der Waals surface area contributed by atoms with Gasteiger partial charge in [-0.25, -0.2) is 4.79 Å². The average molecular weight is 374 g/mol. The Balaban J connectivity index is 2.12. The van der Waals surface area contributed by atoms with Crippen molar-refractivity contribution < 1.29 is 24.3 Å². The molecule has 1 atom stereocenters. The fraction of sp³-hybridized carbons (Fsp3) is 0.333. The predicted molar refractivity (Wildman–Crippen MR) is 96.1 cm³/mol. The van der Waals surface area contributed by atoms with Crippen molar-refractivity contribution in [2.75, 3.05) is 6.54 Å². The van der Waals surface area contributed by atoms with Gasteiger partial charge in [0.05, 0.1) is 5.56 Å². The molecule has 0 aliphatic carbocycles. The molecule has 27 heavy (non-hydrogen) atoms. The Labute approximate surface area is 156 Å². The van der Waals surface area contributed by atoms with E-state index in [2.05, 4.69) is 16.2 Å². The zero-order chi connectivity index (χ0) is 20.0. The number of aromatic hydroxyl groups is 1. The molecule has 4 N–H and O–H groups in total. The summed E-state index contributed by atoms with van der Waals surface area (Å²) in [7, 11) is 0. The number of hydrogen-bond acceptors (Lipinski definition) is 6. The molecular formula is C18H22N4O5. The highest BCUT2D eigenvalue weighted by molar-refractivity contribution is 6.17. The summed E-state index contributed by atoms with van der Waals surface area (Å²) in [5, 5.41) is 11.9. The van der Waals surface area contributed by atoms with Crippen LogP contribution in [0, 0.1) is 5.92 Å². The van der Waals surface area contributed by atoms with Crippen LogP contribution >= 0.6 is 0 Å². The number of allylic oxidation sites excluding steroid dienone is 1. The minimum Gasteiger partial charge on any atom is -0.507 e. The van der Waals surface area contributed by atoms with E-state index in [9.17, 15) is 24.3 Å². The number of carbonyl (C=O) groups excluding carboxylic acids is 4. The molecule has 1 fully saturated rings. The minimum absolute atomic E-state index is 0.0274. The van der Waals surface area contributed by atoms with E-state index in [4.69, 9.17) is 0 Å². The second kappa shape index (κ2) is 8.84. The number of amides is 5. The van der Waals surface area contributed by atoms with Crippen molar-refractivity contribution in [1.82, 2.24) is 21.1 Å². The van der Waals surface area contributed by atoms with Crippen LogP contribution in [0.15, 0.2) is 36.0 Å². The Kier molecular flexibility index (Phi) is 6.53. The van der Waals surface area contributed by atoms with Gasteiger partial charge in [0.15, 0.2) is 5.92 Å². The highest BCUT2D eigenvalue weighted by atomic mass is 16.3. The number of hydrogen-bond donors (Lipinski definition) is 4. The molecule has 1 aromatic carbocycles. The fourth-order valence-electron chi connectivity index (χ4n) is 2.59. The lowest BCUT2D eigenvalue weighted by Crippen LogP contribution is -2.60. The monoisotopic (exact) mass is 374 g/mol. The largest absolute Gasteiger partial charge is 0.507 e. The number of hydrazine groups is 1. The van der Waals surface area contributed by atoms with Crippen molar-refractivity contribution >= 4 is 23.8 Å². The molecule has 5 amide bonds. The lowest BCUT2D eigenvalue weighted by Gasteiger charge is -2.31. The third-order valence-corrected chi connectivity index (χ3v) is 4.08. The Hall–Kier alpha value is -3.36. The van der Waals surface area contributed by atoms with Gasteiger partial charge in [0.2, 0.25) is 11.8 Å². The molecular weight excluding hydrogens is 352 g/mol. The van der Waals surface area contributed by atoms with Crippen molar-refractivity contribution in [1.29, 1.82) is 0 Å². The van der Waals surface area contributed by atoms with Gasteiger partial charge in [-0.05, 0) is 25.5 Å². The summed E-state index contributed by atoms with van der Waals surface area (Å²) < 4.78 is 0. The van der Waals surface area contributed by atoms with E-state index in [0.29, 0.717) is 6.42 Å². The van der Waals surface area contributed by atoms with Crippen molar-refractivity contribution in [2.24, 2.45) is 5.92 Å². The van der Waals surface area contributed by atoms with Crippen LogP contribution in [0.1, 0.15) is 37.0 Å². The summed E-state index contributed by atoms with van der Waals surface area (Å²) >= 11 is 0. The average Bonchev–Trinajstić information content (AvgIpc) is 2.64. The number of para-hydroxylation sites is 1. The number of phenols is 1. The van der Waals surface area contributed by atoms with Crippen LogP contribution in [-0.2, 0) is 9.59 Å². The van der Waals surface area contributed by atoms with E-state index in [-0.39, 0.29) is 23.6 Å². The highest BCUT2D eigenvalue weighted by Gasteiger charge is 2.42. The molecule has 0 aromatic heterocycles. The highest BCUT2D eigenvalue weighted by Crippen LogP contribution is 2.18. The van der Waals surface area contributed by atoms with Gasteiger partial charge in [-0.15, -0.1) is 0 Å². The number of rotatable bonds is 7. The maximum atomic E-state index is 12.6. The SMILES string of the molecule is C/C=C(\NNC(=O)c1ccccc1O)[C@@H]1C(=O)NC(=O)N(CCCC)C1=O. The number of nitrogens with zero attached hydrogens (tertiary/aromatic N) is 1. The summed E-state index contributed by atoms with van der Waals surface area (Å²) in [4.78, 5) is 49.9. The topological polar surface area (TPSA) is 128 Å². The predicted octanol–water partition coefficient (Wildman–Crippen LogP) is 1.03. The molecule has 2 rings (SSSR count). The molecule has 0 unspecified atom stereocenters. The first kappa shape index (κ1) is 20.0. The van der Waals surface area contributed by atoms with Crippen molar-refractivity contribution in [3.63, 3.8) is 0 Å². The lowest BCUT2D eigenvalue weighted by atomic mass is 10.00. The van der Waals surface area contributed by atoms with Crippen LogP contribution in [0.5, 0.6) is 5.75 Å². The maximum absolute atomic E-state index is 12.6. The molecule has 0 radical (unpaired) electrons. The molecule has 9 nitrogen and oxygen atoms in total. The number of barbiturate groups is 1. The van der Waals surface area contributed by atoms with E-state index in [0.717, 1.165) is 11.3 Å². The molecule has 1 aliphatic heterocycles. The quantitative estimate of drug-likeness (QED) is 0.417. The van der Waals surface area contributed by atoms with Crippen LogP contribution in [0.4, 0.5) is 4.79 Å². The van der Waals surface area contributed by atoms with Gasteiger partial charge in [-0.1, -0.05) is 31.6 Å². The molecule has 1 saturated heterocycles. The molecule has 144 valence electrons. The summed E-state index contributed by atoms with van der Waals surface area (Å²) in [6.07, 6.45) is 2.85. The smallest absolute Gasteiger partial charge is 0.330 e. The normalized spacial score (nSPS) is 17.6. The standard InChI is InChI=1S/C18H22N4O5/c1-3-5-10-22-17(26)14(16(25)19-18(22)27)12(4-2)20-21-15(24)11-8-6-7-9-13(11)23/h4,6-9,14,20,23H,3,5,10H2,1-2H3,(H,21,24)(H,19,25,27)/b12-4-/t14-/m1/s1. The Bertz CT molecular complexity index is 790. The number of nitrogens with one attached hydrogen (secondary N) is 3. The van der Waals surface area contributed by atoms with Gasteiger partial charge in [-0.3, -0.25) is 30.0 Å². The van der Waals surface area contributed by atoms with E-state index in [1.54, 1.807) is 19.1 Å². The zero-order valence-electron chi connectivity index (χ0n) is 15.1. The molecule has 0 spiro atoms. The number of imide groups is 2. The molecule has 0 saturated carbocycles. The first-order valence-electron chi connectivity index (χ1n) is 8.57. The van der Waals surface area contributed by atoms with Gasteiger partial charge in [0.25, 0.3) is 5.91 Å². The number of urea groups is 1. The van der Waals surface area contributed by atoms with Gasteiger partial charge < -0.3 is 10.5 Å². The summed E-state index contributed by atoms with van der Waals surface area (Å²) in [6.45, 7) is 3.70. The fourth-order valence-corrected chi connectivity index (χ4v) is 2.59. The van der Waals surface area contributed by atoms with Crippen LogP contribution in [0.25, 0.3) is 0 Å². The van der Waals surface area contributed by atoms with Gasteiger partial charge in [-0.2, -0.15) is 0 Å². The van der Waals surface area contributed by atoms with E-state index in [1.165, 1.54) is 18.2 Å². The van der Waals surface area contributed by atoms with Gasteiger partial charge >= 0.3 is 6.03 Å². The van der Waals surface area contributed by atoms with Crippen LogP contribution in [0.2, 0.25) is 0 Å². The minimum atomic E-state index is -1.28. The Morgan fingerprint density at radius 2 is 1.96 bits per heavy atom. The van der Waals surface area contributed by atoms with Gasteiger partial charge in [0.1, 0.15) is 5.75 Å². The first-order chi connectivity index (χ1) is 12.9. The Morgan fingerprint density at radius 1 is 1.26 bits per heavy atom. The van der Waals surface area contributed by atoms with Crippen molar-refractivity contribution in [2.45, 2.75) is 26.7 Å². The number of carbonyl (C=O) groups is 4. The third kappa shape index (κ3) is 4.43. The molecule has 1 aromatic rings. The van der Waals surface area contributed by atoms with Crippen molar-refractivity contribution in [3.05, 3.63) is 41.6 Å². The number of phenolic OH excluding ortho intramolecular Hbond substituents is 1. The number of benzene rings is 1. The zero-order valence-corrected chi connectivity index (χ0v) is 15.1. The molecule has 0 bridgehead atoms. The van der Waals surface area contributed by atoms with Crippen LogP contribution in [0.3, 0.4) is 0 Å². The third-order valence-electron chi connectivity index (χ3n) is 4.08. The molecule has 9 heteroatoms. The summed E-state index contributed by atoms with van der Waals surface area (Å²) in [5.74, 6) is -3.56. The van der Waals surface area contributed by atoms with Gasteiger partial charge in [0, 0.05) is 12.2 Å². The summed E-state index contributed by atoms with van der Waals surface area (Å²) in [6, 6.07) is 5.19. The van der Waals surface area contributed by atoms with Crippen LogP contribution < -0.4 is 16.2 Å². The van der Waals surface area contributed by atoms with Crippen LogP contribution in [-0.4, -0.2) is 40.3 Å². The first-order valence-corrected chi connectivity index (χ1v) is 8.57. The van der Waals surface area contributed by atoms with E-state index < -0.39 is 29.7 Å². The van der Waals surface area contributed by atoms with E-state index in [1.807, 2.05) is 6.92 Å². The summed E-state index contributed by atoms with van der Waals surface area (Å²) in [5.41, 5.74) is 5.04. The number of unbranched alkanes of at least 4 members (excludes halogenated alkanes) is 1. The maximum Gasteiger partial charge on any atom is 0.330 e.